The molecule has 1 aliphatic heterocycles. The van der Waals surface area contributed by atoms with Gasteiger partial charge in [0.2, 0.25) is 5.91 Å². The van der Waals surface area contributed by atoms with Crippen LogP contribution >= 0.6 is 11.6 Å². The zero-order valence-electron chi connectivity index (χ0n) is 14.4. The Hall–Kier alpha value is -2.93. The number of halogens is 2. The molecule has 1 unspecified atom stereocenters. The standard InChI is InChI=1S/C19H15ClFN3O3/c1-26-14-4-2-3-11(7-14)19-22-18(23-27-19)12-8-17(25)24(10-12)16-9-13(20)5-6-15(16)21/h2-7,9,12H,8,10H2,1H3. The summed E-state index contributed by atoms with van der Waals surface area (Å²) in [5.74, 6) is 0.409. The zero-order valence-corrected chi connectivity index (χ0v) is 15.1. The number of ether oxygens (including phenoxy) is 1. The molecule has 2 heterocycles. The maximum Gasteiger partial charge on any atom is 0.258 e. The van der Waals surface area contributed by atoms with Gasteiger partial charge in [0.15, 0.2) is 5.82 Å². The van der Waals surface area contributed by atoms with E-state index in [2.05, 4.69) is 10.1 Å². The molecule has 0 aliphatic carbocycles. The highest BCUT2D eigenvalue weighted by Gasteiger charge is 2.35. The van der Waals surface area contributed by atoms with E-state index in [1.54, 1.807) is 13.2 Å². The van der Waals surface area contributed by atoms with E-state index in [1.165, 1.54) is 23.1 Å². The van der Waals surface area contributed by atoms with Crippen LogP contribution in [0.1, 0.15) is 18.2 Å². The first-order valence-corrected chi connectivity index (χ1v) is 8.66. The highest BCUT2D eigenvalue weighted by Crippen LogP contribution is 2.34. The van der Waals surface area contributed by atoms with Gasteiger partial charge in [0.05, 0.1) is 12.8 Å². The van der Waals surface area contributed by atoms with Crippen LogP contribution in [0.5, 0.6) is 5.75 Å². The van der Waals surface area contributed by atoms with Crippen molar-refractivity contribution >= 4 is 23.2 Å². The maximum absolute atomic E-state index is 14.1. The molecule has 0 N–H and O–H groups in total. The number of hydrogen-bond donors (Lipinski definition) is 0. The molecule has 1 amide bonds. The van der Waals surface area contributed by atoms with Crippen LogP contribution < -0.4 is 9.64 Å². The number of hydrogen-bond acceptors (Lipinski definition) is 5. The van der Waals surface area contributed by atoms with Crippen molar-refractivity contribution in [1.29, 1.82) is 0 Å². The van der Waals surface area contributed by atoms with Crippen LogP contribution in [0, 0.1) is 5.82 Å². The van der Waals surface area contributed by atoms with Crippen LogP contribution in [-0.2, 0) is 4.79 Å². The average molecular weight is 388 g/mol. The summed E-state index contributed by atoms with van der Waals surface area (Å²) >= 11 is 5.94. The summed E-state index contributed by atoms with van der Waals surface area (Å²) in [4.78, 5) is 18.2. The fourth-order valence-electron chi connectivity index (χ4n) is 3.08. The smallest absolute Gasteiger partial charge is 0.258 e. The largest absolute Gasteiger partial charge is 0.497 e. The summed E-state index contributed by atoms with van der Waals surface area (Å²) in [6.45, 7) is 0.257. The second-order valence-corrected chi connectivity index (χ2v) is 6.63. The normalized spacial score (nSPS) is 16.8. The summed E-state index contributed by atoms with van der Waals surface area (Å²) in [7, 11) is 1.58. The molecule has 3 aromatic rings. The van der Waals surface area contributed by atoms with Crippen molar-refractivity contribution in [2.45, 2.75) is 12.3 Å². The molecule has 27 heavy (non-hydrogen) atoms. The lowest BCUT2D eigenvalue weighted by Crippen LogP contribution is -2.25. The predicted octanol–water partition coefficient (Wildman–Crippen LogP) is 4.06. The molecule has 6 nitrogen and oxygen atoms in total. The number of benzene rings is 2. The Bertz CT molecular complexity index is 1010. The Kier molecular flexibility index (Phi) is 4.53. The molecule has 1 atom stereocenters. The second kappa shape index (κ2) is 7.00. The highest BCUT2D eigenvalue weighted by atomic mass is 35.5. The van der Waals surface area contributed by atoms with Crippen LogP contribution in [0.2, 0.25) is 5.02 Å². The topological polar surface area (TPSA) is 68.5 Å². The molecule has 1 fully saturated rings. The van der Waals surface area contributed by atoms with E-state index in [-0.39, 0.29) is 30.5 Å². The number of carbonyl (C=O) groups is 1. The van der Waals surface area contributed by atoms with Crippen molar-refractivity contribution in [1.82, 2.24) is 10.1 Å². The zero-order chi connectivity index (χ0) is 19.0. The summed E-state index contributed by atoms with van der Waals surface area (Å²) in [6, 6.07) is 11.4. The number of nitrogens with zero attached hydrogens (tertiary/aromatic N) is 3. The van der Waals surface area contributed by atoms with Gasteiger partial charge in [0.25, 0.3) is 5.89 Å². The lowest BCUT2D eigenvalue weighted by molar-refractivity contribution is -0.117. The number of methoxy groups -OCH3 is 1. The van der Waals surface area contributed by atoms with Gasteiger partial charge in [-0.2, -0.15) is 4.98 Å². The van der Waals surface area contributed by atoms with Crippen molar-refractivity contribution < 1.29 is 18.4 Å². The number of aromatic nitrogens is 2. The quantitative estimate of drug-likeness (QED) is 0.675. The van der Waals surface area contributed by atoms with E-state index < -0.39 is 5.82 Å². The third-order valence-electron chi connectivity index (χ3n) is 4.45. The Balaban J connectivity index is 1.58. The van der Waals surface area contributed by atoms with Gasteiger partial charge in [-0.15, -0.1) is 0 Å². The van der Waals surface area contributed by atoms with Gasteiger partial charge in [-0.1, -0.05) is 22.8 Å². The molecule has 0 saturated carbocycles. The molecule has 2 aromatic carbocycles. The Morgan fingerprint density at radius 2 is 2.15 bits per heavy atom. The van der Waals surface area contributed by atoms with E-state index in [0.29, 0.717) is 22.5 Å². The second-order valence-electron chi connectivity index (χ2n) is 6.19. The van der Waals surface area contributed by atoms with Gasteiger partial charge in [-0.25, -0.2) is 4.39 Å². The number of amides is 1. The molecule has 4 rings (SSSR count). The van der Waals surface area contributed by atoms with Gasteiger partial charge in [0, 0.05) is 29.5 Å². The van der Waals surface area contributed by atoms with Crippen LogP contribution in [0.3, 0.4) is 0 Å². The maximum atomic E-state index is 14.1. The molecular weight excluding hydrogens is 373 g/mol. The molecule has 138 valence electrons. The number of rotatable bonds is 4. The van der Waals surface area contributed by atoms with Crippen molar-refractivity contribution in [2.24, 2.45) is 0 Å². The summed E-state index contributed by atoms with van der Waals surface area (Å²) in [6.07, 6.45) is 0.170. The molecule has 8 heteroatoms. The molecule has 0 bridgehead atoms. The first kappa shape index (κ1) is 17.5. The number of anilines is 1. The summed E-state index contributed by atoms with van der Waals surface area (Å²) < 4.78 is 24.6. The van der Waals surface area contributed by atoms with E-state index in [0.717, 1.165) is 5.56 Å². The van der Waals surface area contributed by atoms with Gasteiger partial charge in [0.1, 0.15) is 11.6 Å². The van der Waals surface area contributed by atoms with Crippen LogP contribution in [-0.4, -0.2) is 29.7 Å². The van der Waals surface area contributed by atoms with Crippen LogP contribution in [0.25, 0.3) is 11.5 Å². The molecule has 1 aliphatic rings. The predicted molar refractivity (Wildman–Crippen MR) is 97.4 cm³/mol. The molecular formula is C19H15ClFN3O3. The van der Waals surface area contributed by atoms with Gasteiger partial charge in [-0.05, 0) is 36.4 Å². The van der Waals surface area contributed by atoms with Crippen LogP contribution in [0.4, 0.5) is 10.1 Å². The molecule has 0 radical (unpaired) electrons. The van der Waals surface area contributed by atoms with Crippen molar-refractivity contribution in [2.75, 3.05) is 18.6 Å². The van der Waals surface area contributed by atoms with E-state index in [4.69, 9.17) is 20.9 Å². The van der Waals surface area contributed by atoms with Gasteiger partial charge >= 0.3 is 0 Å². The molecule has 1 saturated heterocycles. The third kappa shape index (κ3) is 3.38. The van der Waals surface area contributed by atoms with Crippen molar-refractivity contribution in [3.05, 3.63) is 59.1 Å². The first-order valence-electron chi connectivity index (χ1n) is 8.28. The minimum atomic E-state index is -0.501. The molecule has 1 aromatic heterocycles. The van der Waals surface area contributed by atoms with Crippen molar-refractivity contribution in [3.8, 4) is 17.2 Å². The Morgan fingerprint density at radius 1 is 1.30 bits per heavy atom. The fourth-order valence-corrected chi connectivity index (χ4v) is 3.25. The Morgan fingerprint density at radius 3 is 2.96 bits per heavy atom. The van der Waals surface area contributed by atoms with Gasteiger partial charge in [-0.3, -0.25) is 4.79 Å². The van der Waals surface area contributed by atoms with Crippen molar-refractivity contribution in [3.63, 3.8) is 0 Å². The lowest BCUT2D eigenvalue weighted by Gasteiger charge is -2.17. The van der Waals surface area contributed by atoms with Gasteiger partial charge < -0.3 is 14.2 Å². The summed E-state index contributed by atoms with van der Waals surface area (Å²) in [5, 5.41) is 4.37. The minimum Gasteiger partial charge on any atom is -0.497 e. The third-order valence-corrected chi connectivity index (χ3v) is 4.68. The van der Waals surface area contributed by atoms with E-state index in [1.807, 2.05) is 18.2 Å². The summed E-state index contributed by atoms with van der Waals surface area (Å²) in [5.41, 5.74) is 0.877. The number of carbonyl (C=O) groups excluding carboxylic acids is 1. The first-order chi connectivity index (χ1) is 13.0. The average Bonchev–Trinajstić information content (AvgIpc) is 3.31. The molecule has 0 spiro atoms. The SMILES string of the molecule is COc1cccc(-c2nc(C3CC(=O)N(c4cc(Cl)ccc4F)C3)no2)c1. The minimum absolute atomic E-state index is 0.159. The van der Waals surface area contributed by atoms with E-state index in [9.17, 15) is 9.18 Å². The Labute approximate surface area is 159 Å². The van der Waals surface area contributed by atoms with Crippen LogP contribution in [0.15, 0.2) is 47.0 Å². The monoisotopic (exact) mass is 387 g/mol. The highest BCUT2D eigenvalue weighted by molar-refractivity contribution is 6.31. The lowest BCUT2D eigenvalue weighted by atomic mass is 10.1. The van der Waals surface area contributed by atoms with E-state index >= 15 is 0 Å². The fraction of sp³-hybridized carbons (Fsp3) is 0.211.